The number of para-hydroxylation sites is 1. The van der Waals surface area contributed by atoms with Crippen LogP contribution in [0.25, 0.3) is 0 Å². The van der Waals surface area contributed by atoms with Gasteiger partial charge in [0, 0.05) is 37.8 Å². The van der Waals surface area contributed by atoms with Gasteiger partial charge in [0.05, 0.1) is 0 Å². The molecule has 1 atom stereocenters. The molecule has 104 valence electrons. The van der Waals surface area contributed by atoms with Crippen molar-refractivity contribution in [2.24, 2.45) is 5.92 Å². The van der Waals surface area contributed by atoms with Gasteiger partial charge in [0.25, 0.3) is 0 Å². The van der Waals surface area contributed by atoms with Crippen molar-refractivity contribution in [2.45, 2.75) is 25.3 Å². The van der Waals surface area contributed by atoms with Crippen molar-refractivity contribution >= 4 is 0 Å². The topological polar surface area (TPSA) is 55.7 Å². The van der Waals surface area contributed by atoms with Gasteiger partial charge >= 0.3 is 0 Å². The number of piperazine rings is 1. The van der Waals surface area contributed by atoms with Gasteiger partial charge in [-0.2, -0.15) is 0 Å². The minimum absolute atomic E-state index is 0.00282. The van der Waals surface area contributed by atoms with E-state index >= 15 is 0 Å². The van der Waals surface area contributed by atoms with E-state index in [1.54, 1.807) is 6.07 Å². The lowest BCUT2D eigenvalue weighted by Crippen LogP contribution is -2.47. The van der Waals surface area contributed by atoms with Crippen molar-refractivity contribution in [1.29, 1.82) is 0 Å². The van der Waals surface area contributed by atoms with Gasteiger partial charge in [-0.05, 0) is 24.8 Å². The fourth-order valence-electron chi connectivity index (χ4n) is 3.25. The Balaban J connectivity index is 1.91. The van der Waals surface area contributed by atoms with Crippen LogP contribution in [0.3, 0.4) is 0 Å². The molecular formula is C15H22N2O2. The van der Waals surface area contributed by atoms with Crippen LogP contribution in [0.1, 0.15) is 30.9 Å². The van der Waals surface area contributed by atoms with Crippen LogP contribution in [-0.2, 0) is 0 Å². The molecule has 3 rings (SSSR count). The second-order valence-electron chi connectivity index (χ2n) is 5.64. The van der Waals surface area contributed by atoms with E-state index in [9.17, 15) is 10.2 Å². The summed E-state index contributed by atoms with van der Waals surface area (Å²) in [5.74, 6) is 0.681. The van der Waals surface area contributed by atoms with Crippen LogP contribution in [0.5, 0.6) is 11.5 Å². The summed E-state index contributed by atoms with van der Waals surface area (Å²) >= 11 is 0. The van der Waals surface area contributed by atoms with Gasteiger partial charge in [-0.1, -0.05) is 18.6 Å². The van der Waals surface area contributed by atoms with E-state index in [-0.39, 0.29) is 17.5 Å². The maximum atomic E-state index is 10.2. The minimum atomic E-state index is -0.00282. The van der Waals surface area contributed by atoms with Crippen molar-refractivity contribution < 1.29 is 10.2 Å². The minimum Gasteiger partial charge on any atom is -0.504 e. The summed E-state index contributed by atoms with van der Waals surface area (Å²) in [7, 11) is 0. The average molecular weight is 262 g/mol. The molecule has 1 aromatic carbocycles. The summed E-state index contributed by atoms with van der Waals surface area (Å²) in [5, 5.41) is 23.3. The van der Waals surface area contributed by atoms with Crippen molar-refractivity contribution in [1.82, 2.24) is 10.2 Å². The van der Waals surface area contributed by atoms with Gasteiger partial charge in [-0.15, -0.1) is 0 Å². The molecule has 1 saturated carbocycles. The molecule has 1 aromatic rings. The summed E-state index contributed by atoms with van der Waals surface area (Å²) in [6, 6.07) is 5.59. The van der Waals surface area contributed by atoms with E-state index < -0.39 is 0 Å². The molecule has 1 heterocycles. The standard InChI is InChI=1S/C15H22N2O2/c18-13-6-2-5-12(15(13)19)14(11-3-1-4-11)17-9-7-16-8-10-17/h2,5-6,11,14,16,18-19H,1,3-4,7-10H2/t14-/m0/s1. The van der Waals surface area contributed by atoms with Crippen LogP contribution in [0, 0.1) is 5.92 Å². The van der Waals surface area contributed by atoms with Gasteiger partial charge in [0.2, 0.25) is 0 Å². The van der Waals surface area contributed by atoms with Gasteiger partial charge in [0.15, 0.2) is 11.5 Å². The third-order valence-corrected chi connectivity index (χ3v) is 4.51. The molecule has 2 aliphatic rings. The molecule has 1 aliphatic heterocycles. The molecule has 0 unspecified atom stereocenters. The van der Waals surface area contributed by atoms with Gasteiger partial charge < -0.3 is 15.5 Å². The zero-order valence-electron chi connectivity index (χ0n) is 11.2. The maximum Gasteiger partial charge on any atom is 0.162 e. The highest BCUT2D eigenvalue weighted by atomic mass is 16.3. The molecule has 2 fully saturated rings. The Morgan fingerprint density at radius 1 is 1.16 bits per heavy atom. The van der Waals surface area contributed by atoms with E-state index in [2.05, 4.69) is 10.2 Å². The first kappa shape index (κ1) is 12.8. The van der Waals surface area contributed by atoms with Crippen LogP contribution >= 0.6 is 0 Å². The average Bonchev–Trinajstić information content (AvgIpc) is 2.38. The highest BCUT2D eigenvalue weighted by Gasteiger charge is 2.35. The van der Waals surface area contributed by atoms with Crippen molar-refractivity contribution in [2.75, 3.05) is 26.2 Å². The molecule has 0 bridgehead atoms. The molecule has 19 heavy (non-hydrogen) atoms. The number of hydrogen-bond donors (Lipinski definition) is 3. The number of aromatic hydroxyl groups is 2. The number of phenolic OH excluding ortho intramolecular Hbond substituents is 2. The molecule has 4 heteroatoms. The largest absolute Gasteiger partial charge is 0.504 e. The quantitative estimate of drug-likeness (QED) is 0.728. The number of benzene rings is 1. The third-order valence-electron chi connectivity index (χ3n) is 4.51. The normalized spacial score (nSPS) is 22.9. The third kappa shape index (κ3) is 2.42. The highest BCUT2D eigenvalue weighted by Crippen LogP contribution is 2.45. The predicted molar refractivity (Wildman–Crippen MR) is 74.3 cm³/mol. The van der Waals surface area contributed by atoms with Crippen LogP contribution in [-0.4, -0.2) is 41.3 Å². The van der Waals surface area contributed by atoms with E-state index in [4.69, 9.17) is 0 Å². The smallest absolute Gasteiger partial charge is 0.162 e. The monoisotopic (exact) mass is 262 g/mol. The number of nitrogens with zero attached hydrogens (tertiary/aromatic N) is 1. The number of phenols is 2. The lowest BCUT2D eigenvalue weighted by molar-refractivity contribution is 0.0816. The molecule has 0 spiro atoms. The molecule has 0 aromatic heterocycles. The second kappa shape index (κ2) is 5.39. The Hall–Kier alpha value is -1.26. The Bertz CT molecular complexity index is 440. The number of rotatable bonds is 3. The summed E-state index contributed by atoms with van der Waals surface area (Å²) in [5.41, 5.74) is 0.895. The van der Waals surface area contributed by atoms with Crippen molar-refractivity contribution in [3.05, 3.63) is 23.8 Å². The fraction of sp³-hybridized carbons (Fsp3) is 0.600. The van der Waals surface area contributed by atoms with E-state index in [1.165, 1.54) is 19.3 Å². The Labute approximate surface area is 114 Å². The zero-order chi connectivity index (χ0) is 13.2. The summed E-state index contributed by atoms with van der Waals surface area (Å²) in [4.78, 5) is 2.45. The van der Waals surface area contributed by atoms with Crippen LogP contribution < -0.4 is 5.32 Å². The van der Waals surface area contributed by atoms with Gasteiger partial charge in [-0.25, -0.2) is 0 Å². The molecular weight excluding hydrogens is 240 g/mol. The van der Waals surface area contributed by atoms with E-state index in [0.717, 1.165) is 31.7 Å². The van der Waals surface area contributed by atoms with Crippen LogP contribution in [0.2, 0.25) is 0 Å². The fourth-order valence-corrected chi connectivity index (χ4v) is 3.25. The first-order valence-electron chi connectivity index (χ1n) is 7.23. The lowest BCUT2D eigenvalue weighted by atomic mass is 9.76. The number of nitrogens with one attached hydrogen (secondary N) is 1. The molecule has 0 radical (unpaired) electrons. The first-order chi connectivity index (χ1) is 9.27. The molecule has 1 aliphatic carbocycles. The predicted octanol–water partition coefficient (Wildman–Crippen LogP) is 1.84. The van der Waals surface area contributed by atoms with Crippen LogP contribution in [0.15, 0.2) is 18.2 Å². The summed E-state index contributed by atoms with van der Waals surface area (Å²) < 4.78 is 0. The molecule has 1 saturated heterocycles. The highest BCUT2D eigenvalue weighted by molar-refractivity contribution is 5.46. The van der Waals surface area contributed by atoms with E-state index in [0.29, 0.717) is 5.92 Å². The Kier molecular flexibility index (Phi) is 3.62. The summed E-state index contributed by atoms with van der Waals surface area (Å²) in [6.07, 6.45) is 3.74. The second-order valence-corrected chi connectivity index (χ2v) is 5.64. The SMILES string of the molecule is Oc1cccc([C@H](C2CCC2)N2CCNCC2)c1O. The molecule has 0 amide bonds. The zero-order valence-corrected chi connectivity index (χ0v) is 11.2. The molecule has 3 N–H and O–H groups in total. The Morgan fingerprint density at radius 2 is 1.89 bits per heavy atom. The van der Waals surface area contributed by atoms with E-state index in [1.807, 2.05) is 12.1 Å². The summed E-state index contributed by atoms with van der Waals surface area (Å²) in [6.45, 7) is 4.03. The maximum absolute atomic E-state index is 10.2. The molecule has 4 nitrogen and oxygen atoms in total. The van der Waals surface area contributed by atoms with Gasteiger partial charge in [-0.3, -0.25) is 4.90 Å². The van der Waals surface area contributed by atoms with Crippen molar-refractivity contribution in [3.63, 3.8) is 0 Å². The number of hydrogen-bond acceptors (Lipinski definition) is 4. The first-order valence-corrected chi connectivity index (χ1v) is 7.23. The van der Waals surface area contributed by atoms with Gasteiger partial charge in [0.1, 0.15) is 0 Å². The Morgan fingerprint density at radius 3 is 2.53 bits per heavy atom. The van der Waals surface area contributed by atoms with Crippen molar-refractivity contribution in [3.8, 4) is 11.5 Å². The van der Waals surface area contributed by atoms with Crippen LogP contribution in [0.4, 0.5) is 0 Å². The lowest BCUT2D eigenvalue weighted by Gasteiger charge is -2.43.